The highest BCUT2D eigenvalue weighted by molar-refractivity contribution is 5.26. The summed E-state index contributed by atoms with van der Waals surface area (Å²) in [6.45, 7) is 4.00. The summed E-state index contributed by atoms with van der Waals surface area (Å²) >= 11 is 0. The first-order valence-electron chi connectivity index (χ1n) is 5.77. The van der Waals surface area contributed by atoms with Crippen molar-refractivity contribution in [3.05, 3.63) is 17.0 Å². The minimum absolute atomic E-state index is 0.320. The van der Waals surface area contributed by atoms with E-state index < -0.39 is 0 Å². The minimum Gasteiger partial charge on any atom is -0.388 e. The van der Waals surface area contributed by atoms with Gasteiger partial charge in [0.1, 0.15) is 0 Å². The molecule has 3 heteroatoms. The van der Waals surface area contributed by atoms with E-state index in [9.17, 15) is 5.11 Å². The van der Waals surface area contributed by atoms with Crippen LogP contribution in [0.1, 0.15) is 48.7 Å². The van der Waals surface area contributed by atoms with Crippen LogP contribution in [0.15, 0.2) is 0 Å². The normalized spacial score (nSPS) is 18.1. The molecule has 15 heavy (non-hydrogen) atoms. The van der Waals surface area contributed by atoms with E-state index in [1.54, 1.807) is 0 Å². The summed E-state index contributed by atoms with van der Waals surface area (Å²) in [5.41, 5.74) is 3.10. The number of hydrogen-bond donors (Lipinski definition) is 1. The van der Waals surface area contributed by atoms with Crippen molar-refractivity contribution in [1.82, 2.24) is 9.78 Å². The summed E-state index contributed by atoms with van der Waals surface area (Å²) in [6.07, 6.45) is 4.45. The maximum absolute atomic E-state index is 10.1. The maximum Gasteiger partial charge on any atom is 0.0826 e. The van der Waals surface area contributed by atoms with Crippen LogP contribution in [-0.2, 0) is 7.05 Å². The van der Waals surface area contributed by atoms with Crippen molar-refractivity contribution in [2.24, 2.45) is 13.0 Å². The van der Waals surface area contributed by atoms with E-state index in [2.05, 4.69) is 5.10 Å². The quantitative estimate of drug-likeness (QED) is 0.824. The number of aliphatic hydroxyl groups is 1. The van der Waals surface area contributed by atoms with E-state index in [4.69, 9.17) is 0 Å². The standard InChI is InChI=1S/C12H20N2O/c1-8-12(9(2)14(3)13-8)11(15)7-6-10-4-5-10/h10-11,15H,4-7H2,1-3H3. The molecule has 3 nitrogen and oxygen atoms in total. The van der Waals surface area contributed by atoms with Crippen LogP contribution < -0.4 is 0 Å². The number of aromatic nitrogens is 2. The zero-order valence-electron chi connectivity index (χ0n) is 9.82. The molecule has 1 atom stereocenters. The zero-order valence-corrected chi connectivity index (χ0v) is 9.82. The summed E-state index contributed by atoms with van der Waals surface area (Å²) in [5.74, 6) is 0.886. The second-order valence-corrected chi connectivity index (χ2v) is 4.74. The zero-order chi connectivity index (χ0) is 11.0. The lowest BCUT2D eigenvalue weighted by atomic mass is 10.0. The molecule has 0 saturated heterocycles. The Kier molecular flexibility index (Phi) is 2.83. The van der Waals surface area contributed by atoms with Gasteiger partial charge in [-0.2, -0.15) is 5.10 Å². The van der Waals surface area contributed by atoms with Crippen LogP contribution in [0.3, 0.4) is 0 Å². The number of aliphatic hydroxyl groups excluding tert-OH is 1. The lowest BCUT2D eigenvalue weighted by Gasteiger charge is -2.10. The molecule has 1 heterocycles. The minimum atomic E-state index is -0.320. The lowest BCUT2D eigenvalue weighted by molar-refractivity contribution is 0.161. The van der Waals surface area contributed by atoms with E-state index in [0.29, 0.717) is 0 Å². The molecule has 0 bridgehead atoms. The number of nitrogens with zero attached hydrogens (tertiary/aromatic N) is 2. The molecule has 0 amide bonds. The predicted octanol–water partition coefficient (Wildman–Crippen LogP) is 2.26. The van der Waals surface area contributed by atoms with Crippen LogP contribution in [0.2, 0.25) is 0 Å². The van der Waals surface area contributed by atoms with Gasteiger partial charge in [0, 0.05) is 18.3 Å². The molecule has 1 aromatic heterocycles. The molecular formula is C12H20N2O. The molecule has 1 aliphatic carbocycles. The Labute approximate surface area is 91.1 Å². The highest BCUT2D eigenvalue weighted by Crippen LogP contribution is 2.36. The van der Waals surface area contributed by atoms with Crippen LogP contribution in [-0.4, -0.2) is 14.9 Å². The first-order valence-corrected chi connectivity index (χ1v) is 5.77. The van der Waals surface area contributed by atoms with Crippen LogP contribution in [0, 0.1) is 19.8 Å². The summed E-state index contributed by atoms with van der Waals surface area (Å²) in [6, 6.07) is 0. The van der Waals surface area contributed by atoms with Crippen molar-refractivity contribution in [3.8, 4) is 0 Å². The Bertz CT molecular complexity index is 353. The monoisotopic (exact) mass is 208 g/mol. The van der Waals surface area contributed by atoms with Gasteiger partial charge in [-0.25, -0.2) is 0 Å². The number of aryl methyl sites for hydroxylation is 2. The Hall–Kier alpha value is -0.830. The third-order valence-electron chi connectivity index (χ3n) is 3.44. The van der Waals surface area contributed by atoms with Crippen LogP contribution in [0.25, 0.3) is 0 Å². The Morgan fingerprint density at radius 2 is 2.13 bits per heavy atom. The smallest absolute Gasteiger partial charge is 0.0826 e. The van der Waals surface area contributed by atoms with Gasteiger partial charge < -0.3 is 5.11 Å². The largest absolute Gasteiger partial charge is 0.388 e. The molecule has 1 aliphatic rings. The molecule has 0 spiro atoms. The Morgan fingerprint density at radius 1 is 1.47 bits per heavy atom. The molecule has 1 aromatic rings. The molecule has 1 fully saturated rings. The SMILES string of the molecule is Cc1nn(C)c(C)c1C(O)CCC1CC1. The average molecular weight is 208 g/mol. The molecule has 0 aromatic carbocycles. The fraction of sp³-hybridized carbons (Fsp3) is 0.750. The lowest BCUT2D eigenvalue weighted by Crippen LogP contribution is -2.01. The van der Waals surface area contributed by atoms with E-state index in [0.717, 1.165) is 35.7 Å². The average Bonchev–Trinajstić information content (AvgIpc) is 2.94. The summed E-state index contributed by atoms with van der Waals surface area (Å²) < 4.78 is 1.85. The van der Waals surface area contributed by atoms with Crippen molar-refractivity contribution in [2.45, 2.75) is 45.6 Å². The molecular weight excluding hydrogens is 188 g/mol. The topological polar surface area (TPSA) is 38.0 Å². The Balaban J connectivity index is 2.05. The predicted molar refractivity (Wildman–Crippen MR) is 59.6 cm³/mol. The second kappa shape index (κ2) is 3.97. The molecule has 2 rings (SSSR count). The van der Waals surface area contributed by atoms with Crippen molar-refractivity contribution in [2.75, 3.05) is 0 Å². The summed E-state index contributed by atoms with van der Waals surface area (Å²) in [4.78, 5) is 0. The van der Waals surface area contributed by atoms with E-state index in [1.807, 2.05) is 25.6 Å². The third kappa shape index (κ3) is 2.23. The van der Waals surface area contributed by atoms with Crippen molar-refractivity contribution in [1.29, 1.82) is 0 Å². The fourth-order valence-electron chi connectivity index (χ4n) is 2.22. The van der Waals surface area contributed by atoms with Gasteiger partial charge in [0.05, 0.1) is 11.8 Å². The number of hydrogen-bond acceptors (Lipinski definition) is 2. The van der Waals surface area contributed by atoms with E-state index >= 15 is 0 Å². The van der Waals surface area contributed by atoms with Gasteiger partial charge in [0.2, 0.25) is 0 Å². The molecule has 1 unspecified atom stereocenters. The first kappa shape index (κ1) is 10.7. The van der Waals surface area contributed by atoms with Crippen molar-refractivity contribution < 1.29 is 5.11 Å². The highest BCUT2D eigenvalue weighted by Gasteiger charge is 2.24. The van der Waals surface area contributed by atoms with Gasteiger partial charge >= 0.3 is 0 Å². The van der Waals surface area contributed by atoms with Gasteiger partial charge in [0.15, 0.2) is 0 Å². The van der Waals surface area contributed by atoms with Gasteiger partial charge in [-0.05, 0) is 32.6 Å². The molecule has 84 valence electrons. The van der Waals surface area contributed by atoms with Gasteiger partial charge in [0.25, 0.3) is 0 Å². The van der Waals surface area contributed by atoms with Crippen molar-refractivity contribution in [3.63, 3.8) is 0 Å². The first-order chi connectivity index (χ1) is 7.09. The third-order valence-corrected chi connectivity index (χ3v) is 3.44. The fourth-order valence-corrected chi connectivity index (χ4v) is 2.22. The summed E-state index contributed by atoms with van der Waals surface area (Å²) in [5, 5.41) is 14.4. The molecule has 0 aliphatic heterocycles. The maximum atomic E-state index is 10.1. The summed E-state index contributed by atoms with van der Waals surface area (Å²) in [7, 11) is 1.93. The van der Waals surface area contributed by atoms with E-state index in [1.165, 1.54) is 12.8 Å². The van der Waals surface area contributed by atoms with Crippen LogP contribution in [0.5, 0.6) is 0 Å². The number of rotatable bonds is 4. The molecule has 1 N–H and O–H groups in total. The van der Waals surface area contributed by atoms with Crippen LogP contribution in [0.4, 0.5) is 0 Å². The van der Waals surface area contributed by atoms with Crippen molar-refractivity contribution >= 4 is 0 Å². The Morgan fingerprint density at radius 3 is 2.60 bits per heavy atom. The van der Waals surface area contributed by atoms with Gasteiger partial charge in [-0.15, -0.1) is 0 Å². The highest BCUT2D eigenvalue weighted by atomic mass is 16.3. The van der Waals surface area contributed by atoms with E-state index in [-0.39, 0.29) is 6.10 Å². The van der Waals surface area contributed by atoms with Gasteiger partial charge in [-0.1, -0.05) is 12.8 Å². The van der Waals surface area contributed by atoms with Crippen LogP contribution >= 0.6 is 0 Å². The molecule has 0 radical (unpaired) electrons. The van der Waals surface area contributed by atoms with Gasteiger partial charge in [-0.3, -0.25) is 4.68 Å². The second-order valence-electron chi connectivity index (χ2n) is 4.74. The molecule has 1 saturated carbocycles.